The van der Waals surface area contributed by atoms with Gasteiger partial charge in [0.05, 0.1) is 10.4 Å². The van der Waals surface area contributed by atoms with Crippen molar-refractivity contribution in [2.75, 3.05) is 6.54 Å². The number of hydrogen-bond acceptors (Lipinski definition) is 3. The van der Waals surface area contributed by atoms with Gasteiger partial charge in [0, 0.05) is 11.4 Å². The molecule has 0 unspecified atom stereocenters. The molecule has 1 amide bonds. The molecule has 1 aromatic heterocycles. The van der Waals surface area contributed by atoms with Crippen LogP contribution in [0.5, 0.6) is 0 Å². The summed E-state index contributed by atoms with van der Waals surface area (Å²) in [5, 5.41) is 2.82. The summed E-state index contributed by atoms with van der Waals surface area (Å²) in [4.78, 5) is 12.7. The second-order valence-corrected chi connectivity index (χ2v) is 5.82. The summed E-state index contributed by atoms with van der Waals surface area (Å²) in [6, 6.07) is 3.41. The second kappa shape index (κ2) is 6.23. The van der Waals surface area contributed by atoms with E-state index in [0.29, 0.717) is 6.54 Å². The number of amides is 1. The molecule has 0 saturated carbocycles. The van der Waals surface area contributed by atoms with Crippen LogP contribution in [0.2, 0.25) is 4.34 Å². The van der Waals surface area contributed by atoms with Crippen molar-refractivity contribution in [3.63, 3.8) is 0 Å². The fourth-order valence-electron chi connectivity index (χ4n) is 1.22. The molecule has 1 rings (SSSR count). The number of nitrogens with two attached hydrogens (primary N) is 1. The van der Waals surface area contributed by atoms with Gasteiger partial charge in [-0.05, 0) is 24.5 Å². The number of carbonyl (C=O) groups excluding carboxylic acids is 1. The summed E-state index contributed by atoms with van der Waals surface area (Å²) < 4.78 is 0.778. The highest BCUT2D eigenvalue weighted by molar-refractivity contribution is 7.16. The Kier molecular flexibility index (Phi) is 5.25. The zero-order valence-electron chi connectivity index (χ0n) is 9.50. The first-order valence-corrected chi connectivity index (χ1v) is 6.47. The highest BCUT2D eigenvalue weighted by Gasteiger charge is 2.16. The zero-order valence-corrected chi connectivity index (χ0v) is 11.1. The Morgan fingerprint density at radius 2 is 2.25 bits per heavy atom. The van der Waals surface area contributed by atoms with Crippen molar-refractivity contribution in [3.05, 3.63) is 21.3 Å². The molecular formula is C11H17ClN2OS. The Morgan fingerprint density at radius 3 is 2.75 bits per heavy atom. The lowest BCUT2D eigenvalue weighted by Gasteiger charge is -2.14. The highest BCUT2D eigenvalue weighted by Crippen LogP contribution is 2.21. The standard InChI is InChI=1S/C11H17ClN2OS/c1-7(2)10(13)11(15)14-6-5-8-3-4-9(12)16-8/h3-4,7,10H,5-6,13H2,1-2H3,(H,14,15)/t10-/m1/s1. The van der Waals surface area contributed by atoms with Gasteiger partial charge in [0.2, 0.25) is 5.91 Å². The molecule has 1 aromatic rings. The van der Waals surface area contributed by atoms with Gasteiger partial charge in [-0.25, -0.2) is 0 Å². The minimum absolute atomic E-state index is 0.0855. The molecule has 5 heteroatoms. The Hall–Kier alpha value is -0.580. The number of halogens is 1. The summed E-state index contributed by atoms with van der Waals surface area (Å²) in [7, 11) is 0. The molecule has 90 valence electrons. The van der Waals surface area contributed by atoms with E-state index in [1.807, 2.05) is 26.0 Å². The molecule has 0 aliphatic heterocycles. The van der Waals surface area contributed by atoms with Gasteiger partial charge in [-0.2, -0.15) is 0 Å². The maximum absolute atomic E-state index is 11.5. The lowest BCUT2D eigenvalue weighted by Crippen LogP contribution is -2.44. The lowest BCUT2D eigenvalue weighted by atomic mass is 10.1. The van der Waals surface area contributed by atoms with Crippen LogP contribution in [0.25, 0.3) is 0 Å². The predicted molar refractivity (Wildman–Crippen MR) is 68.9 cm³/mol. The molecule has 16 heavy (non-hydrogen) atoms. The summed E-state index contributed by atoms with van der Waals surface area (Å²) >= 11 is 7.34. The Balaban J connectivity index is 2.28. The zero-order chi connectivity index (χ0) is 12.1. The Bertz CT molecular complexity index is 352. The fraction of sp³-hybridized carbons (Fsp3) is 0.545. The fourth-order valence-corrected chi connectivity index (χ4v) is 2.30. The van der Waals surface area contributed by atoms with E-state index in [2.05, 4.69) is 5.32 Å². The van der Waals surface area contributed by atoms with Crippen molar-refractivity contribution < 1.29 is 4.79 Å². The molecule has 0 saturated heterocycles. The Labute approximate surface area is 105 Å². The quantitative estimate of drug-likeness (QED) is 0.851. The van der Waals surface area contributed by atoms with Crippen LogP contribution in [0.3, 0.4) is 0 Å². The summed E-state index contributed by atoms with van der Waals surface area (Å²) in [5.74, 6) is 0.0776. The summed E-state index contributed by atoms with van der Waals surface area (Å²) in [6.45, 7) is 4.47. The number of rotatable bonds is 5. The first-order valence-electron chi connectivity index (χ1n) is 5.28. The van der Waals surface area contributed by atoms with Gasteiger partial charge in [-0.1, -0.05) is 25.4 Å². The van der Waals surface area contributed by atoms with Gasteiger partial charge in [0.15, 0.2) is 0 Å². The van der Waals surface area contributed by atoms with Gasteiger partial charge in [0.25, 0.3) is 0 Å². The molecule has 3 N–H and O–H groups in total. The smallest absolute Gasteiger partial charge is 0.237 e. The summed E-state index contributed by atoms with van der Waals surface area (Å²) in [6.07, 6.45) is 0.800. The first kappa shape index (κ1) is 13.5. The normalized spacial score (nSPS) is 12.8. The minimum Gasteiger partial charge on any atom is -0.354 e. The van der Waals surface area contributed by atoms with Crippen molar-refractivity contribution in [3.8, 4) is 0 Å². The summed E-state index contributed by atoms with van der Waals surface area (Å²) in [5.41, 5.74) is 5.71. The molecule has 0 aliphatic carbocycles. The van der Waals surface area contributed by atoms with E-state index < -0.39 is 6.04 Å². The number of carbonyl (C=O) groups is 1. The molecule has 0 bridgehead atoms. The molecule has 1 atom stereocenters. The van der Waals surface area contributed by atoms with Crippen LogP contribution in [-0.4, -0.2) is 18.5 Å². The van der Waals surface area contributed by atoms with Crippen molar-refractivity contribution in [1.82, 2.24) is 5.32 Å². The highest BCUT2D eigenvalue weighted by atomic mass is 35.5. The first-order chi connectivity index (χ1) is 7.50. The van der Waals surface area contributed by atoms with Crippen LogP contribution in [0.15, 0.2) is 12.1 Å². The molecular weight excluding hydrogens is 244 g/mol. The van der Waals surface area contributed by atoms with Crippen molar-refractivity contribution in [1.29, 1.82) is 0 Å². The average Bonchev–Trinajstić information content (AvgIpc) is 2.62. The SMILES string of the molecule is CC(C)[C@@H](N)C(=O)NCCc1ccc(Cl)s1. The second-order valence-electron chi connectivity index (χ2n) is 4.02. The van der Waals surface area contributed by atoms with E-state index in [0.717, 1.165) is 10.8 Å². The molecule has 3 nitrogen and oxygen atoms in total. The van der Waals surface area contributed by atoms with E-state index in [1.165, 1.54) is 16.2 Å². The third-order valence-corrected chi connectivity index (χ3v) is 3.61. The van der Waals surface area contributed by atoms with Crippen molar-refractivity contribution in [2.45, 2.75) is 26.3 Å². The van der Waals surface area contributed by atoms with Gasteiger partial charge >= 0.3 is 0 Å². The van der Waals surface area contributed by atoms with Gasteiger partial charge in [0.1, 0.15) is 0 Å². The molecule has 0 aromatic carbocycles. The number of hydrogen-bond donors (Lipinski definition) is 2. The van der Waals surface area contributed by atoms with Crippen molar-refractivity contribution in [2.24, 2.45) is 11.7 Å². The number of nitrogens with one attached hydrogen (secondary N) is 1. The van der Waals surface area contributed by atoms with E-state index in [-0.39, 0.29) is 11.8 Å². The average molecular weight is 261 g/mol. The van der Waals surface area contributed by atoms with Crippen LogP contribution in [0.4, 0.5) is 0 Å². The topological polar surface area (TPSA) is 55.1 Å². The van der Waals surface area contributed by atoms with E-state index >= 15 is 0 Å². The van der Waals surface area contributed by atoms with Crippen LogP contribution >= 0.6 is 22.9 Å². The molecule has 0 aliphatic rings. The van der Waals surface area contributed by atoms with E-state index in [1.54, 1.807) is 0 Å². The third kappa shape index (κ3) is 4.12. The van der Waals surface area contributed by atoms with Crippen LogP contribution < -0.4 is 11.1 Å². The Morgan fingerprint density at radius 1 is 1.56 bits per heavy atom. The van der Waals surface area contributed by atoms with Crippen LogP contribution in [0.1, 0.15) is 18.7 Å². The van der Waals surface area contributed by atoms with Gasteiger partial charge in [-0.15, -0.1) is 11.3 Å². The van der Waals surface area contributed by atoms with Crippen LogP contribution in [0, 0.1) is 5.92 Å². The number of thiophene rings is 1. The van der Waals surface area contributed by atoms with E-state index in [9.17, 15) is 4.79 Å². The third-order valence-electron chi connectivity index (χ3n) is 2.32. The lowest BCUT2D eigenvalue weighted by molar-refractivity contribution is -0.123. The molecule has 0 spiro atoms. The predicted octanol–water partition coefficient (Wildman–Crippen LogP) is 2.04. The molecule has 1 heterocycles. The molecule has 0 fully saturated rings. The molecule has 0 radical (unpaired) electrons. The van der Waals surface area contributed by atoms with Crippen molar-refractivity contribution >= 4 is 28.8 Å². The minimum atomic E-state index is -0.424. The van der Waals surface area contributed by atoms with Gasteiger partial charge < -0.3 is 11.1 Å². The monoisotopic (exact) mass is 260 g/mol. The maximum Gasteiger partial charge on any atom is 0.237 e. The van der Waals surface area contributed by atoms with Crippen LogP contribution in [-0.2, 0) is 11.2 Å². The van der Waals surface area contributed by atoms with E-state index in [4.69, 9.17) is 17.3 Å². The van der Waals surface area contributed by atoms with Gasteiger partial charge in [-0.3, -0.25) is 4.79 Å². The maximum atomic E-state index is 11.5. The largest absolute Gasteiger partial charge is 0.354 e.